The zero-order valence-corrected chi connectivity index (χ0v) is 14.2. The van der Waals surface area contributed by atoms with E-state index in [0.717, 1.165) is 17.5 Å². The summed E-state index contributed by atoms with van der Waals surface area (Å²) in [4.78, 5) is 11.1. The van der Waals surface area contributed by atoms with Crippen LogP contribution in [0, 0.1) is 0 Å². The summed E-state index contributed by atoms with van der Waals surface area (Å²) in [7, 11) is 0. The van der Waals surface area contributed by atoms with Gasteiger partial charge in [0.2, 0.25) is 0 Å². The van der Waals surface area contributed by atoms with Gasteiger partial charge in [-0.2, -0.15) is 0 Å². The number of allylic oxidation sites excluding steroid dienone is 2. The SMILES string of the molecule is CCC(=CC=Cc1cn(Cc2ccccc2)c2ccccc12)C(=O)O. The van der Waals surface area contributed by atoms with Crippen LogP contribution in [-0.4, -0.2) is 15.6 Å². The molecule has 0 aliphatic heterocycles. The molecular weight excluding hydrogens is 310 g/mol. The van der Waals surface area contributed by atoms with E-state index in [9.17, 15) is 4.79 Å². The molecule has 3 aromatic rings. The van der Waals surface area contributed by atoms with Crippen LogP contribution in [0.25, 0.3) is 17.0 Å². The molecule has 0 amide bonds. The molecule has 0 atom stereocenters. The number of benzene rings is 2. The predicted molar refractivity (Wildman–Crippen MR) is 103 cm³/mol. The van der Waals surface area contributed by atoms with Crippen LogP contribution in [0.15, 0.2) is 78.5 Å². The van der Waals surface area contributed by atoms with Crippen molar-refractivity contribution in [3.63, 3.8) is 0 Å². The van der Waals surface area contributed by atoms with Gasteiger partial charge in [0, 0.05) is 29.2 Å². The number of aliphatic carboxylic acids is 1. The topological polar surface area (TPSA) is 42.2 Å². The van der Waals surface area contributed by atoms with Gasteiger partial charge < -0.3 is 9.67 Å². The number of carbonyl (C=O) groups is 1. The zero-order chi connectivity index (χ0) is 17.6. The summed E-state index contributed by atoms with van der Waals surface area (Å²) in [6.45, 7) is 2.65. The molecule has 1 aromatic heterocycles. The third kappa shape index (κ3) is 3.89. The van der Waals surface area contributed by atoms with Crippen molar-refractivity contribution < 1.29 is 9.90 Å². The minimum absolute atomic E-state index is 0.407. The van der Waals surface area contributed by atoms with Crippen LogP contribution in [0.1, 0.15) is 24.5 Å². The molecule has 1 N–H and O–H groups in total. The zero-order valence-electron chi connectivity index (χ0n) is 14.2. The lowest BCUT2D eigenvalue weighted by atomic mass is 10.1. The van der Waals surface area contributed by atoms with Crippen LogP contribution < -0.4 is 0 Å². The Hall–Kier alpha value is -3.07. The van der Waals surface area contributed by atoms with Crippen LogP contribution in [0.2, 0.25) is 0 Å². The van der Waals surface area contributed by atoms with E-state index in [1.54, 1.807) is 6.08 Å². The monoisotopic (exact) mass is 331 g/mol. The number of hydrogen-bond acceptors (Lipinski definition) is 1. The summed E-state index contributed by atoms with van der Waals surface area (Å²) in [6, 6.07) is 18.6. The summed E-state index contributed by atoms with van der Waals surface area (Å²) in [5.74, 6) is -0.862. The lowest BCUT2D eigenvalue weighted by Gasteiger charge is -2.05. The molecule has 0 saturated carbocycles. The Morgan fingerprint density at radius 3 is 2.52 bits per heavy atom. The second-order valence-electron chi connectivity index (χ2n) is 5.92. The molecule has 2 aromatic carbocycles. The molecule has 3 rings (SSSR count). The van der Waals surface area contributed by atoms with E-state index in [1.165, 1.54) is 11.1 Å². The predicted octanol–water partition coefficient (Wildman–Crippen LogP) is 5.12. The summed E-state index contributed by atoms with van der Waals surface area (Å²) in [5, 5.41) is 10.3. The van der Waals surface area contributed by atoms with Crippen LogP contribution in [0.5, 0.6) is 0 Å². The third-order valence-corrected chi connectivity index (χ3v) is 4.24. The molecule has 3 heteroatoms. The summed E-state index contributed by atoms with van der Waals surface area (Å²) in [6.07, 6.45) is 8.10. The summed E-state index contributed by atoms with van der Waals surface area (Å²) < 4.78 is 2.23. The Bertz CT molecular complexity index is 933. The van der Waals surface area contributed by atoms with Crippen molar-refractivity contribution in [2.45, 2.75) is 19.9 Å². The molecule has 25 heavy (non-hydrogen) atoms. The lowest BCUT2D eigenvalue weighted by Crippen LogP contribution is -1.98. The fourth-order valence-corrected chi connectivity index (χ4v) is 2.93. The number of para-hydroxylation sites is 1. The van der Waals surface area contributed by atoms with Gasteiger partial charge in [-0.3, -0.25) is 0 Å². The molecule has 0 radical (unpaired) electrons. The minimum Gasteiger partial charge on any atom is -0.478 e. The number of aromatic nitrogens is 1. The van der Waals surface area contributed by atoms with Gasteiger partial charge >= 0.3 is 5.97 Å². The van der Waals surface area contributed by atoms with Crippen LogP contribution >= 0.6 is 0 Å². The van der Waals surface area contributed by atoms with E-state index >= 15 is 0 Å². The molecule has 0 spiro atoms. The first-order valence-electron chi connectivity index (χ1n) is 8.41. The Kier molecular flexibility index (Phi) is 5.14. The van der Waals surface area contributed by atoms with Crippen molar-refractivity contribution >= 4 is 22.9 Å². The maximum Gasteiger partial charge on any atom is 0.331 e. The van der Waals surface area contributed by atoms with Gasteiger partial charge in [0.1, 0.15) is 0 Å². The van der Waals surface area contributed by atoms with Crippen LogP contribution in [-0.2, 0) is 11.3 Å². The van der Waals surface area contributed by atoms with E-state index in [1.807, 2.05) is 49.4 Å². The third-order valence-electron chi connectivity index (χ3n) is 4.24. The molecule has 0 aliphatic carbocycles. The van der Waals surface area contributed by atoms with Crippen molar-refractivity contribution in [1.29, 1.82) is 0 Å². The molecule has 0 bridgehead atoms. The lowest BCUT2D eigenvalue weighted by molar-refractivity contribution is -0.132. The normalized spacial score (nSPS) is 12.1. The molecule has 3 nitrogen and oxygen atoms in total. The van der Waals surface area contributed by atoms with Crippen molar-refractivity contribution in [2.75, 3.05) is 0 Å². The van der Waals surface area contributed by atoms with Crippen molar-refractivity contribution in [2.24, 2.45) is 0 Å². The molecule has 0 saturated heterocycles. The number of nitrogens with zero attached hydrogens (tertiary/aromatic N) is 1. The van der Waals surface area contributed by atoms with E-state index in [0.29, 0.717) is 12.0 Å². The Morgan fingerprint density at radius 2 is 1.80 bits per heavy atom. The molecule has 1 heterocycles. The molecule has 0 unspecified atom stereocenters. The molecule has 0 aliphatic rings. The Labute approximate surface area is 147 Å². The average molecular weight is 331 g/mol. The fraction of sp³-hybridized carbons (Fsp3) is 0.136. The first kappa shape index (κ1) is 16.8. The maximum absolute atomic E-state index is 11.1. The highest BCUT2D eigenvalue weighted by molar-refractivity contribution is 5.90. The Balaban J connectivity index is 1.95. The largest absolute Gasteiger partial charge is 0.478 e. The highest BCUT2D eigenvalue weighted by atomic mass is 16.4. The van der Waals surface area contributed by atoms with Gasteiger partial charge in [0.25, 0.3) is 0 Å². The van der Waals surface area contributed by atoms with Crippen LogP contribution in [0.3, 0.4) is 0 Å². The van der Waals surface area contributed by atoms with E-state index in [-0.39, 0.29) is 0 Å². The van der Waals surface area contributed by atoms with E-state index in [4.69, 9.17) is 5.11 Å². The number of hydrogen-bond donors (Lipinski definition) is 1. The molecule has 126 valence electrons. The number of rotatable bonds is 6. The first-order chi connectivity index (χ1) is 12.2. The van der Waals surface area contributed by atoms with Crippen molar-refractivity contribution in [3.8, 4) is 0 Å². The van der Waals surface area contributed by atoms with Gasteiger partial charge in [0.05, 0.1) is 0 Å². The average Bonchev–Trinajstić information content (AvgIpc) is 2.97. The second-order valence-corrected chi connectivity index (χ2v) is 5.92. The highest BCUT2D eigenvalue weighted by Gasteiger charge is 2.06. The number of fused-ring (bicyclic) bond motifs is 1. The summed E-state index contributed by atoms with van der Waals surface area (Å²) >= 11 is 0. The highest BCUT2D eigenvalue weighted by Crippen LogP contribution is 2.23. The summed E-state index contributed by atoms with van der Waals surface area (Å²) in [5.41, 5.74) is 3.91. The van der Waals surface area contributed by atoms with Crippen molar-refractivity contribution in [3.05, 3.63) is 89.6 Å². The quantitative estimate of drug-likeness (QED) is 0.503. The minimum atomic E-state index is -0.862. The van der Waals surface area contributed by atoms with Crippen LogP contribution in [0.4, 0.5) is 0 Å². The Morgan fingerprint density at radius 1 is 1.08 bits per heavy atom. The fourth-order valence-electron chi connectivity index (χ4n) is 2.93. The number of carboxylic acid groups (broad SMARTS) is 1. The first-order valence-corrected chi connectivity index (χ1v) is 8.41. The maximum atomic E-state index is 11.1. The van der Waals surface area contributed by atoms with Gasteiger partial charge in [-0.05, 0) is 23.6 Å². The smallest absolute Gasteiger partial charge is 0.331 e. The van der Waals surface area contributed by atoms with E-state index in [2.05, 4.69) is 35.0 Å². The van der Waals surface area contributed by atoms with Crippen molar-refractivity contribution in [1.82, 2.24) is 4.57 Å². The number of carboxylic acids is 1. The van der Waals surface area contributed by atoms with Gasteiger partial charge in [0.15, 0.2) is 0 Å². The van der Waals surface area contributed by atoms with Gasteiger partial charge in [-0.15, -0.1) is 0 Å². The van der Waals surface area contributed by atoms with E-state index < -0.39 is 5.97 Å². The van der Waals surface area contributed by atoms with Gasteiger partial charge in [-0.25, -0.2) is 4.79 Å². The molecular formula is C22H21NO2. The second kappa shape index (κ2) is 7.67. The van der Waals surface area contributed by atoms with Gasteiger partial charge in [-0.1, -0.05) is 73.7 Å². The standard InChI is InChI=1S/C22H21NO2/c1-2-18(22(24)25)11-8-12-19-16-23(15-17-9-4-3-5-10-17)21-14-7-6-13-20(19)21/h3-14,16H,2,15H2,1H3,(H,24,25). The molecule has 0 fully saturated rings.